The highest BCUT2D eigenvalue weighted by molar-refractivity contribution is 6.37. The minimum absolute atomic E-state index is 0.0484. The fourth-order valence-corrected chi connectivity index (χ4v) is 3.32. The van der Waals surface area contributed by atoms with Gasteiger partial charge in [-0.2, -0.15) is 4.98 Å². The van der Waals surface area contributed by atoms with Gasteiger partial charge >= 0.3 is 11.8 Å². The molecule has 1 heterocycles. The minimum Gasteiger partial charge on any atom is -0.505 e. The van der Waals surface area contributed by atoms with Crippen LogP contribution < -0.4 is 5.32 Å². The first-order chi connectivity index (χ1) is 14.5. The van der Waals surface area contributed by atoms with Crippen LogP contribution in [0.15, 0.2) is 71.3 Å². The Hall–Kier alpha value is -3.35. The molecule has 6 nitrogen and oxygen atoms in total. The largest absolute Gasteiger partial charge is 0.505 e. The van der Waals surface area contributed by atoms with Gasteiger partial charge in [-0.25, -0.2) is 0 Å². The van der Waals surface area contributed by atoms with E-state index in [0.717, 1.165) is 16.7 Å². The first kappa shape index (κ1) is 19.9. The van der Waals surface area contributed by atoms with E-state index in [9.17, 15) is 9.90 Å². The Kier molecular flexibility index (Phi) is 5.70. The van der Waals surface area contributed by atoms with Crippen molar-refractivity contribution in [3.8, 4) is 28.3 Å². The van der Waals surface area contributed by atoms with Crippen LogP contribution in [-0.2, 0) is 6.54 Å². The maximum absolute atomic E-state index is 12.3. The number of rotatable bonds is 5. The van der Waals surface area contributed by atoms with Crippen molar-refractivity contribution < 1.29 is 14.4 Å². The number of nitrogens with zero attached hydrogens (tertiary/aromatic N) is 2. The van der Waals surface area contributed by atoms with Gasteiger partial charge < -0.3 is 14.9 Å². The molecule has 150 valence electrons. The highest BCUT2D eigenvalue weighted by Crippen LogP contribution is 2.35. The molecule has 4 aromatic rings. The maximum Gasteiger partial charge on any atom is 0.316 e. The molecule has 0 saturated carbocycles. The van der Waals surface area contributed by atoms with Crippen molar-refractivity contribution in [1.82, 2.24) is 15.5 Å². The zero-order valence-corrected chi connectivity index (χ0v) is 17.0. The Bertz CT molecular complexity index is 1170. The zero-order valence-electron chi connectivity index (χ0n) is 15.5. The van der Waals surface area contributed by atoms with E-state index in [4.69, 9.17) is 27.7 Å². The Morgan fingerprint density at radius 1 is 0.933 bits per heavy atom. The van der Waals surface area contributed by atoms with Crippen molar-refractivity contribution in [2.45, 2.75) is 6.54 Å². The summed E-state index contributed by atoms with van der Waals surface area (Å²) in [5.74, 6) is -0.791. The van der Waals surface area contributed by atoms with E-state index in [2.05, 4.69) is 15.5 Å². The van der Waals surface area contributed by atoms with Gasteiger partial charge in [0.1, 0.15) is 0 Å². The van der Waals surface area contributed by atoms with Gasteiger partial charge in [-0.05, 0) is 28.8 Å². The molecule has 0 aliphatic rings. The van der Waals surface area contributed by atoms with Crippen LogP contribution in [0.5, 0.6) is 5.75 Å². The lowest BCUT2D eigenvalue weighted by atomic mass is 10.0. The van der Waals surface area contributed by atoms with Gasteiger partial charge in [0.25, 0.3) is 0 Å². The average molecular weight is 440 g/mol. The molecule has 0 spiro atoms. The topological polar surface area (TPSA) is 88.2 Å². The molecule has 0 saturated heterocycles. The van der Waals surface area contributed by atoms with Gasteiger partial charge in [-0.3, -0.25) is 4.79 Å². The van der Waals surface area contributed by atoms with Gasteiger partial charge in [0.05, 0.1) is 10.0 Å². The summed E-state index contributed by atoms with van der Waals surface area (Å²) in [7, 11) is 0. The number of phenols is 1. The Morgan fingerprint density at radius 2 is 1.57 bits per heavy atom. The second-order valence-electron chi connectivity index (χ2n) is 6.46. The van der Waals surface area contributed by atoms with E-state index in [0.29, 0.717) is 12.1 Å². The summed E-state index contributed by atoms with van der Waals surface area (Å²) in [6.45, 7) is 0.308. The summed E-state index contributed by atoms with van der Waals surface area (Å²) in [5.41, 5.74) is 3.57. The van der Waals surface area contributed by atoms with Crippen LogP contribution in [0.3, 0.4) is 0 Å². The first-order valence-corrected chi connectivity index (χ1v) is 9.71. The number of phenolic OH excluding ortho intramolecular Hbond substituents is 1. The lowest BCUT2D eigenvalue weighted by molar-refractivity contribution is 0.0907. The highest BCUT2D eigenvalue weighted by atomic mass is 35.5. The number of aromatic hydroxyl groups is 1. The van der Waals surface area contributed by atoms with Crippen molar-refractivity contribution in [3.63, 3.8) is 0 Å². The minimum atomic E-state index is -0.503. The Labute approximate surface area is 182 Å². The molecule has 0 unspecified atom stereocenters. The van der Waals surface area contributed by atoms with Crippen LogP contribution in [0.4, 0.5) is 0 Å². The van der Waals surface area contributed by atoms with E-state index < -0.39 is 5.91 Å². The molecule has 0 bridgehead atoms. The van der Waals surface area contributed by atoms with Crippen LogP contribution in [0.1, 0.15) is 16.2 Å². The van der Waals surface area contributed by atoms with Crippen LogP contribution in [0, 0.1) is 0 Å². The van der Waals surface area contributed by atoms with Crippen molar-refractivity contribution in [1.29, 1.82) is 0 Å². The van der Waals surface area contributed by atoms with Gasteiger partial charge in [0.2, 0.25) is 5.82 Å². The standard InChI is InChI=1S/C22H15Cl2N3O3/c23-17-10-16(11-18(24)19(17)28)20-26-22(30-27-20)21(29)25-12-13-6-8-15(9-7-13)14-4-2-1-3-5-14/h1-11,28H,12H2,(H,25,29). The molecule has 1 amide bonds. The number of hydrogen-bond acceptors (Lipinski definition) is 5. The molecule has 0 aliphatic carbocycles. The average Bonchev–Trinajstić information content (AvgIpc) is 3.27. The number of halogens is 2. The van der Waals surface area contributed by atoms with E-state index in [1.807, 2.05) is 54.6 Å². The van der Waals surface area contributed by atoms with Gasteiger partial charge in [-0.1, -0.05) is 83.0 Å². The predicted molar refractivity (Wildman–Crippen MR) is 114 cm³/mol. The number of carbonyl (C=O) groups excluding carboxylic acids is 1. The molecular weight excluding hydrogens is 425 g/mol. The predicted octanol–water partition coefficient (Wildman–Crippen LogP) is 5.35. The lowest BCUT2D eigenvalue weighted by Gasteiger charge is -2.05. The number of carbonyl (C=O) groups is 1. The summed E-state index contributed by atoms with van der Waals surface area (Å²) in [6, 6.07) is 20.8. The fraction of sp³-hybridized carbons (Fsp3) is 0.0455. The van der Waals surface area contributed by atoms with Gasteiger partial charge in [-0.15, -0.1) is 0 Å². The van der Waals surface area contributed by atoms with E-state index in [1.54, 1.807) is 0 Å². The zero-order chi connectivity index (χ0) is 21.1. The van der Waals surface area contributed by atoms with Crippen molar-refractivity contribution in [3.05, 3.63) is 88.2 Å². The quantitative estimate of drug-likeness (QED) is 0.437. The van der Waals surface area contributed by atoms with Crippen LogP contribution >= 0.6 is 23.2 Å². The second kappa shape index (κ2) is 8.57. The number of hydrogen-bond donors (Lipinski definition) is 2. The molecule has 30 heavy (non-hydrogen) atoms. The summed E-state index contributed by atoms with van der Waals surface area (Å²) in [4.78, 5) is 16.4. The molecule has 1 aromatic heterocycles. The summed E-state index contributed by atoms with van der Waals surface area (Å²) < 4.78 is 5.03. The van der Waals surface area contributed by atoms with Crippen LogP contribution in [0.2, 0.25) is 10.0 Å². The van der Waals surface area contributed by atoms with Crippen molar-refractivity contribution >= 4 is 29.1 Å². The molecule has 0 aliphatic heterocycles. The Morgan fingerprint density at radius 3 is 2.23 bits per heavy atom. The van der Waals surface area contributed by atoms with Crippen molar-refractivity contribution in [2.75, 3.05) is 0 Å². The van der Waals surface area contributed by atoms with E-state index in [-0.39, 0.29) is 27.5 Å². The number of aromatic nitrogens is 2. The van der Waals surface area contributed by atoms with E-state index >= 15 is 0 Å². The molecular formula is C22H15Cl2N3O3. The molecule has 0 radical (unpaired) electrons. The normalized spacial score (nSPS) is 10.7. The van der Waals surface area contributed by atoms with Gasteiger partial charge in [0.15, 0.2) is 5.75 Å². The summed E-state index contributed by atoms with van der Waals surface area (Å²) in [5, 5.41) is 16.3. The third-order valence-corrected chi connectivity index (χ3v) is 4.99. The first-order valence-electron chi connectivity index (χ1n) is 8.96. The van der Waals surface area contributed by atoms with E-state index in [1.165, 1.54) is 12.1 Å². The SMILES string of the molecule is O=C(NCc1ccc(-c2ccccc2)cc1)c1nc(-c2cc(Cl)c(O)c(Cl)c2)no1. The monoisotopic (exact) mass is 439 g/mol. The Balaban J connectivity index is 1.41. The summed E-state index contributed by atoms with van der Waals surface area (Å²) >= 11 is 11.8. The second-order valence-corrected chi connectivity index (χ2v) is 7.27. The van der Waals surface area contributed by atoms with Crippen LogP contribution in [-0.4, -0.2) is 21.2 Å². The molecule has 4 rings (SSSR count). The maximum atomic E-state index is 12.3. The fourth-order valence-electron chi connectivity index (χ4n) is 2.83. The molecule has 3 aromatic carbocycles. The number of amides is 1. The third kappa shape index (κ3) is 4.30. The number of benzene rings is 3. The smallest absolute Gasteiger partial charge is 0.316 e. The van der Waals surface area contributed by atoms with Crippen LogP contribution in [0.25, 0.3) is 22.5 Å². The van der Waals surface area contributed by atoms with Gasteiger partial charge in [0, 0.05) is 12.1 Å². The molecule has 8 heteroatoms. The highest BCUT2D eigenvalue weighted by Gasteiger charge is 2.18. The lowest BCUT2D eigenvalue weighted by Crippen LogP contribution is -2.23. The number of nitrogens with one attached hydrogen (secondary N) is 1. The van der Waals surface area contributed by atoms with Crippen molar-refractivity contribution in [2.24, 2.45) is 0 Å². The molecule has 0 fully saturated rings. The molecule has 2 N–H and O–H groups in total. The molecule has 0 atom stereocenters. The third-order valence-electron chi connectivity index (χ3n) is 4.41. The summed E-state index contributed by atoms with van der Waals surface area (Å²) in [6.07, 6.45) is 0.